The molecule has 2 aliphatic heterocycles. The van der Waals surface area contributed by atoms with Gasteiger partial charge in [-0.2, -0.15) is 0 Å². The van der Waals surface area contributed by atoms with Crippen LogP contribution in [-0.2, 0) is 0 Å². The highest BCUT2D eigenvalue weighted by Crippen LogP contribution is 2.57. The van der Waals surface area contributed by atoms with Gasteiger partial charge in [-0.1, -0.05) is 52.0 Å². The van der Waals surface area contributed by atoms with Crippen molar-refractivity contribution in [2.75, 3.05) is 19.6 Å². The fourth-order valence-electron chi connectivity index (χ4n) is 9.41. The normalized spacial score (nSPS) is 16.3. The van der Waals surface area contributed by atoms with E-state index in [0.29, 0.717) is 11.8 Å². The molecule has 4 heteroatoms. The summed E-state index contributed by atoms with van der Waals surface area (Å²) in [7, 11) is 0. The minimum Gasteiger partial charge on any atom is -0.314 e. The van der Waals surface area contributed by atoms with Gasteiger partial charge in [0.1, 0.15) is 0 Å². The van der Waals surface area contributed by atoms with Gasteiger partial charge in [0.2, 0.25) is 0 Å². The molecular formula is C54H62N4. The van der Waals surface area contributed by atoms with Crippen LogP contribution in [0.25, 0.3) is 0 Å². The van der Waals surface area contributed by atoms with E-state index in [4.69, 9.17) is 0 Å². The highest BCUT2D eigenvalue weighted by Gasteiger charge is 2.52. The fraction of sp³-hybridized carbons (Fsp3) is 0.333. The third-order valence-corrected chi connectivity index (χ3v) is 13.4. The molecule has 2 atom stereocenters. The molecule has 2 unspecified atom stereocenters. The van der Waals surface area contributed by atoms with E-state index in [1.807, 2.05) is 0 Å². The molecule has 6 aromatic carbocycles. The smallest absolute Gasteiger partial charge is 0.151 e. The van der Waals surface area contributed by atoms with E-state index in [1.165, 1.54) is 112 Å². The lowest BCUT2D eigenvalue weighted by atomic mass is 9.96. The van der Waals surface area contributed by atoms with Crippen LogP contribution in [0.15, 0.2) is 97.1 Å². The van der Waals surface area contributed by atoms with E-state index in [2.05, 4.69) is 214 Å². The molecule has 0 saturated heterocycles. The molecule has 0 bridgehead atoms. The molecule has 6 aromatic rings. The molecular weight excluding hydrogens is 705 g/mol. The Kier molecular flexibility index (Phi) is 9.99. The van der Waals surface area contributed by atoms with Gasteiger partial charge in [-0.15, -0.1) is 0 Å². The highest BCUT2D eigenvalue weighted by molar-refractivity contribution is 5.95. The lowest BCUT2D eigenvalue weighted by Crippen LogP contribution is -2.58. The van der Waals surface area contributed by atoms with E-state index in [1.54, 1.807) is 0 Å². The zero-order valence-corrected chi connectivity index (χ0v) is 37.3. The topological polar surface area (TPSA) is 13.0 Å². The maximum atomic E-state index is 2.68. The summed E-state index contributed by atoms with van der Waals surface area (Å²) in [6, 6.07) is 38.2. The minimum atomic E-state index is -0.195. The summed E-state index contributed by atoms with van der Waals surface area (Å²) in [5, 5.41) is 0. The molecule has 0 aromatic heterocycles. The fourth-order valence-corrected chi connectivity index (χ4v) is 9.41. The molecule has 0 fully saturated rings. The molecule has 8 rings (SSSR count). The summed E-state index contributed by atoms with van der Waals surface area (Å²) in [6.07, 6.45) is -0.390. The summed E-state index contributed by atoms with van der Waals surface area (Å²) in [5.41, 5.74) is 25.6. The van der Waals surface area contributed by atoms with Crippen LogP contribution in [0, 0.1) is 69.2 Å². The number of fused-ring (bicyclic) bond motifs is 2. The predicted molar refractivity (Wildman–Crippen MR) is 250 cm³/mol. The zero-order chi connectivity index (χ0) is 41.5. The first-order chi connectivity index (χ1) is 27.5. The molecule has 2 aliphatic rings. The van der Waals surface area contributed by atoms with E-state index in [0.717, 1.165) is 0 Å². The van der Waals surface area contributed by atoms with Crippen molar-refractivity contribution in [1.29, 1.82) is 0 Å². The second-order valence-corrected chi connectivity index (χ2v) is 18.1. The quantitative estimate of drug-likeness (QED) is 0.160. The van der Waals surface area contributed by atoms with Crippen molar-refractivity contribution in [1.82, 2.24) is 0 Å². The van der Waals surface area contributed by atoms with Crippen molar-refractivity contribution >= 4 is 45.5 Å². The highest BCUT2D eigenvalue weighted by atomic mass is 15.5. The number of hydrogen-bond acceptors (Lipinski definition) is 4. The maximum absolute atomic E-state index is 2.68. The molecule has 0 spiro atoms. The number of aryl methyl sites for hydroxylation is 10. The first-order valence-corrected chi connectivity index (χ1v) is 21.3. The Morgan fingerprint density at radius 3 is 0.759 bits per heavy atom. The monoisotopic (exact) mass is 766 g/mol. The largest absolute Gasteiger partial charge is 0.314 e. The van der Waals surface area contributed by atoms with Crippen molar-refractivity contribution in [3.05, 3.63) is 164 Å². The number of rotatable bonds is 7. The number of benzene rings is 6. The SMILES string of the molecule is Cc1ccc(N2c3cc(C)c(C(C)C)cc3N(c3ccc(C)c(C)c3)C2C2N(c3ccc(C)c(C)c3)c3cc(C)c(C(C)C)cc3N2c2ccc(C)c(C)c2)cc1C. The van der Waals surface area contributed by atoms with E-state index in [9.17, 15) is 0 Å². The summed E-state index contributed by atoms with van der Waals surface area (Å²) in [4.78, 5) is 10.7. The van der Waals surface area contributed by atoms with Crippen LogP contribution in [0.4, 0.5) is 45.5 Å². The Morgan fingerprint density at radius 1 is 0.293 bits per heavy atom. The lowest BCUT2D eigenvalue weighted by Gasteiger charge is -2.45. The Morgan fingerprint density at radius 2 is 0.534 bits per heavy atom. The molecule has 0 saturated carbocycles. The van der Waals surface area contributed by atoms with Gasteiger partial charge in [0.05, 0.1) is 22.7 Å². The van der Waals surface area contributed by atoms with Gasteiger partial charge in [-0.05, 0) is 221 Å². The Hall–Kier alpha value is -5.48. The Labute approximate surface area is 348 Å². The van der Waals surface area contributed by atoms with E-state index in [-0.39, 0.29) is 12.3 Å². The van der Waals surface area contributed by atoms with Crippen LogP contribution >= 0.6 is 0 Å². The molecule has 2 heterocycles. The maximum Gasteiger partial charge on any atom is 0.151 e. The van der Waals surface area contributed by atoms with Crippen molar-refractivity contribution in [3.63, 3.8) is 0 Å². The van der Waals surface area contributed by atoms with Crippen LogP contribution < -0.4 is 19.6 Å². The first kappa shape index (κ1) is 39.4. The van der Waals surface area contributed by atoms with Crippen LogP contribution in [0.2, 0.25) is 0 Å². The third-order valence-electron chi connectivity index (χ3n) is 13.4. The predicted octanol–water partition coefficient (Wildman–Crippen LogP) is 14.9. The summed E-state index contributed by atoms with van der Waals surface area (Å²) in [5.74, 6) is 0.765. The van der Waals surface area contributed by atoms with Crippen molar-refractivity contribution in [2.24, 2.45) is 0 Å². The van der Waals surface area contributed by atoms with Gasteiger partial charge in [0.15, 0.2) is 12.3 Å². The van der Waals surface area contributed by atoms with Gasteiger partial charge < -0.3 is 19.6 Å². The van der Waals surface area contributed by atoms with Gasteiger partial charge in [0.25, 0.3) is 0 Å². The zero-order valence-electron chi connectivity index (χ0n) is 37.3. The summed E-state index contributed by atoms with van der Waals surface area (Å²) in [6.45, 7) is 31.8. The molecule has 0 radical (unpaired) electrons. The van der Waals surface area contributed by atoms with Crippen LogP contribution in [0.3, 0.4) is 0 Å². The second kappa shape index (κ2) is 14.7. The summed E-state index contributed by atoms with van der Waals surface area (Å²) < 4.78 is 0. The van der Waals surface area contributed by atoms with E-state index >= 15 is 0 Å². The average Bonchev–Trinajstić information content (AvgIpc) is 3.67. The molecule has 58 heavy (non-hydrogen) atoms. The molecule has 0 amide bonds. The van der Waals surface area contributed by atoms with Gasteiger partial charge >= 0.3 is 0 Å². The minimum absolute atomic E-state index is 0.195. The first-order valence-electron chi connectivity index (χ1n) is 21.3. The Balaban J connectivity index is 1.53. The van der Waals surface area contributed by atoms with Crippen LogP contribution in [0.5, 0.6) is 0 Å². The van der Waals surface area contributed by atoms with E-state index < -0.39 is 0 Å². The number of anilines is 8. The van der Waals surface area contributed by atoms with Crippen LogP contribution in [0.1, 0.15) is 106 Å². The molecule has 0 aliphatic carbocycles. The number of nitrogens with zero attached hydrogens (tertiary/aromatic N) is 4. The second-order valence-electron chi connectivity index (χ2n) is 18.1. The molecule has 298 valence electrons. The standard InChI is InChI=1S/C54H62N4/c1-31(2)47-29-51-49(27-41(47)13)55(43-19-15-33(5)37(9)23-43)53(57(51)45-21-17-35(7)39(11)25-45)54-56(44-20-16-34(6)38(10)24-44)50-28-42(14)48(32(3)4)30-52(50)58(54)46-22-18-36(8)40(12)26-46/h15-32,53-54H,1-14H3. The van der Waals surface area contributed by atoms with Gasteiger partial charge in [0, 0.05) is 22.7 Å². The average molecular weight is 767 g/mol. The van der Waals surface area contributed by atoms with Crippen molar-refractivity contribution in [3.8, 4) is 0 Å². The molecule has 0 N–H and O–H groups in total. The number of hydrogen-bond donors (Lipinski definition) is 0. The Bertz CT molecular complexity index is 2400. The molecule has 4 nitrogen and oxygen atoms in total. The van der Waals surface area contributed by atoms with Crippen molar-refractivity contribution in [2.45, 2.75) is 121 Å². The van der Waals surface area contributed by atoms with Crippen LogP contribution in [-0.4, -0.2) is 12.3 Å². The lowest BCUT2D eigenvalue weighted by molar-refractivity contribution is 0.549. The van der Waals surface area contributed by atoms with Gasteiger partial charge in [-0.25, -0.2) is 0 Å². The summed E-state index contributed by atoms with van der Waals surface area (Å²) >= 11 is 0. The van der Waals surface area contributed by atoms with Crippen molar-refractivity contribution < 1.29 is 0 Å². The van der Waals surface area contributed by atoms with Gasteiger partial charge in [-0.3, -0.25) is 0 Å². The third kappa shape index (κ3) is 6.46.